The fraction of sp³-hybridized carbons (Fsp3) is 0.214. The van der Waals surface area contributed by atoms with E-state index < -0.39 is 0 Å². The van der Waals surface area contributed by atoms with Gasteiger partial charge in [0, 0.05) is 13.0 Å². The van der Waals surface area contributed by atoms with Gasteiger partial charge in [-0.2, -0.15) is 0 Å². The number of furan rings is 1. The summed E-state index contributed by atoms with van der Waals surface area (Å²) in [7, 11) is 0. The van der Waals surface area contributed by atoms with E-state index in [2.05, 4.69) is 0 Å². The highest BCUT2D eigenvalue weighted by molar-refractivity contribution is 5.87. The predicted molar refractivity (Wildman–Crippen MR) is 65.7 cm³/mol. The number of rotatable bonds is 5. The number of Topliss-reactive ketones (excluding diaryl/α,β-unsaturated/α-hetero) is 1. The van der Waals surface area contributed by atoms with Crippen LogP contribution in [0.3, 0.4) is 0 Å². The Kier molecular flexibility index (Phi) is 3.73. The summed E-state index contributed by atoms with van der Waals surface area (Å²) in [5, 5.41) is 0. The second-order valence-electron chi connectivity index (χ2n) is 3.97. The van der Waals surface area contributed by atoms with Gasteiger partial charge >= 0.3 is 0 Å². The van der Waals surface area contributed by atoms with Crippen molar-refractivity contribution in [2.24, 2.45) is 5.73 Å². The highest BCUT2D eigenvalue weighted by Gasteiger charge is 2.19. The summed E-state index contributed by atoms with van der Waals surface area (Å²) in [6, 6.07) is 11.4. The summed E-state index contributed by atoms with van der Waals surface area (Å²) >= 11 is 0. The molecule has 1 aromatic carbocycles. The van der Waals surface area contributed by atoms with Gasteiger partial charge in [-0.1, -0.05) is 30.3 Å². The molecule has 2 N–H and O–H groups in total. The van der Waals surface area contributed by atoms with Crippen LogP contribution in [0.5, 0.6) is 0 Å². The zero-order valence-corrected chi connectivity index (χ0v) is 9.50. The molecule has 0 aliphatic heterocycles. The predicted octanol–water partition coefficient (Wildman–Crippen LogP) is 2.13. The Bertz CT molecular complexity index is 462. The molecule has 0 amide bonds. The Morgan fingerprint density at radius 3 is 2.59 bits per heavy atom. The van der Waals surface area contributed by atoms with Crippen LogP contribution in [-0.4, -0.2) is 12.3 Å². The molecule has 0 radical (unpaired) electrons. The molecule has 2 rings (SSSR count). The van der Waals surface area contributed by atoms with Crippen molar-refractivity contribution >= 4 is 5.78 Å². The molecule has 88 valence electrons. The fourth-order valence-electron chi connectivity index (χ4n) is 1.86. The second kappa shape index (κ2) is 5.46. The van der Waals surface area contributed by atoms with Gasteiger partial charge < -0.3 is 10.2 Å². The Morgan fingerprint density at radius 2 is 2.00 bits per heavy atom. The van der Waals surface area contributed by atoms with Crippen LogP contribution in [0.15, 0.2) is 53.3 Å². The molecule has 0 aliphatic carbocycles. The van der Waals surface area contributed by atoms with Gasteiger partial charge in [-0.05, 0) is 17.2 Å². The van der Waals surface area contributed by atoms with E-state index in [1.165, 1.54) is 0 Å². The fourth-order valence-corrected chi connectivity index (χ4v) is 1.86. The van der Waals surface area contributed by atoms with Crippen molar-refractivity contribution < 1.29 is 9.21 Å². The van der Waals surface area contributed by atoms with Crippen LogP contribution in [-0.2, 0) is 11.2 Å². The Balaban J connectivity index is 2.11. The Morgan fingerprint density at radius 1 is 1.24 bits per heavy atom. The highest BCUT2D eigenvalue weighted by Crippen LogP contribution is 2.17. The lowest BCUT2D eigenvalue weighted by atomic mass is 9.92. The van der Waals surface area contributed by atoms with Crippen molar-refractivity contribution in [3.63, 3.8) is 0 Å². The lowest BCUT2D eigenvalue weighted by Gasteiger charge is -2.13. The third-order valence-corrected chi connectivity index (χ3v) is 2.78. The standard InChI is InChI=1S/C14H15NO2/c15-9-13(12-4-2-1-3-5-12)14(16)8-11-6-7-17-10-11/h1-7,10,13H,8-9,15H2. The van der Waals surface area contributed by atoms with Crippen molar-refractivity contribution in [1.82, 2.24) is 0 Å². The van der Waals surface area contributed by atoms with Gasteiger partial charge in [0.05, 0.1) is 18.4 Å². The zero-order valence-electron chi connectivity index (χ0n) is 9.50. The summed E-state index contributed by atoms with van der Waals surface area (Å²) in [5.74, 6) is -0.105. The van der Waals surface area contributed by atoms with Gasteiger partial charge in [-0.3, -0.25) is 4.79 Å². The van der Waals surface area contributed by atoms with E-state index in [9.17, 15) is 4.79 Å². The smallest absolute Gasteiger partial charge is 0.146 e. The lowest BCUT2D eigenvalue weighted by molar-refractivity contribution is -0.119. The molecule has 1 unspecified atom stereocenters. The van der Waals surface area contributed by atoms with Gasteiger partial charge in [-0.15, -0.1) is 0 Å². The maximum absolute atomic E-state index is 12.1. The molecule has 0 fully saturated rings. The molecule has 2 aromatic rings. The zero-order chi connectivity index (χ0) is 12.1. The monoisotopic (exact) mass is 229 g/mol. The van der Waals surface area contributed by atoms with Crippen molar-refractivity contribution in [3.05, 3.63) is 60.1 Å². The number of hydrogen-bond donors (Lipinski definition) is 1. The average Bonchev–Trinajstić information content (AvgIpc) is 2.84. The van der Waals surface area contributed by atoms with Crippen molar-refractivity contribution in [2.45, 2.75) is 12.3 Å². The number of ketones is 1. The van der Waals surface area contributed by atoms with E-state index in [0.29, 0.717) is 13.0 Å². The SMILES string of the molecule is NCC(C(=O)Cc1ccoc1)c1ccccc1. The number of hydrogen-bond acceptors (Lipinski definition) is 3. The highest BCUT2D eigenvalue weighted by atomic mass is 16.3. The maximum atomic E-state index is 12.1. The van der Waals surface area contributed by atoms with Crippen LogP contribution in [0, 0.1) is 0 Å². The first kappa shape index (κ1) is 11.6. The van der Waals surface area contributed by atoms with E-state index in [0.717, 1.165) is 11.1 Å². The summed E-state index contributed by atoms with van der Waals surface area (Å²) in [6.45, 7) is 0.334. The summed E-state index contributed by atoms with van der Waals surface area (Å²) in [4.78, 5) is 12.1. The van der Waals surface area contributed by atoms with Crippen LogP contribution in [0.25, 0.3) is 0 Å². The van der Waals surface area contributed by atoms with Crippen LogP contribution in [0.2, 0.25) is 0 Å². The van der Waals surface area contributed by atoms with Crippen molar-refractivity contribution in [2.75, 3.05) is 6.54 Å². The van der Waals surface area contributed by atoms with Crippen molar-refractivity contribution in [1.29, 1.82) is 0 Å². The molecule has 0 spiro atoms. The third-order valence-electron chi connectivity index (χ3n) is 2.78. The normalized spacial score (nSPS) is 12.3. The van der Waals surface area contributed by atoms with E-state index in [-0.39, 0.29) is 11.7 Å². The Labute approximate surface area is 100 Å². The average molecular weight is 229 g/mol. The second-order valence-corrected chi connectivity index (χ2v) is 3.97. The molecule has 3 heteroatoms. The van der Waals surface area contributed by atoms with Gasteiger partial charge in [0.1, 0.15) is 5.78 Å². The molecule has 1 heterocycles. The van der Waals surface area contributed by atoms with Crippen LogP contribution in [0.1, 0.15) is 17.0 Å². The molecule has 0 aliphatic rings. The van der Waals surface area contributed by atoms with E-state index in [1.54, 1.807) is 18.6 Å². The first-order chi connectivity index (χ1) is 8.31. The van der Waals surface area contributed by atoms with Gasteiger partial charge in [-0.25, -0.2) is 0 Å². The summed E-state index contributed by atoms with van der Waals surface area (Å²) in [6.07, 6.45) is 3.53. The molecule has 0 saturated carbocycles. The van der Waals surface area contributed by atoms with Crippen LogP contribution >= 0.6 is 0 Å². The molecule has 1 aromatic heterocycles. The summed E-state index contributed by atoms with van der Waals surface area (Å²) < 4.78 is 4.95. The molecule has 0 saturated heterocycles. The number of benzene rings is 1. The van der Waals surface area contributed by atoms with E-state index in [1.807, 2.05) is 30.3 Å². The lowest BCUT2D eigenvalue weighted by Crippen LogP contribution is -2.23. The molecule has 17 heavy (non-hydrogen) atoms. The van der Waals surface area contributed by atoms with E-state index >= 15 is 0 Å². The minimum Gasteiger partial charge on any atom is -0.472 e. The van der Waals surface area contributed by atoms with Gasteiger partial charge in [0.2, 0.25) is 0 Å². The largest absolute Gasteiger partial charge is 0.472 e. The van der Waals surface area contributed by atoms with E-state index in [4.69, 9.17) is 10.2 Å². The molecular weight excluding hydrogens is 214 g/mol. The first-order valence-corrected chi connectivity index (χ1v) is 5.60. The molecular formula is C14H15NO2. The van der Waals surface area contributed by atoms with Gasteiger partial charge in [0.15, 0.2) is 0 Å². The topological polar surface area (TPSA) is 56.2 Å². The first-order valence-electron chi connectivity index (χ1n) is 5.60. The number of nitrogens with two attached hydrogens (primary N) is 1. The maximum Gasteiger partial charge on any atom is 0.146 e. The number of carbonyl (C=O) groups is 1. The molecule has 0 bridgehead atoms. The van der Waals surface area contributed by atoms with Crippen LogP contribution in [0.4, 0.5) is 0 Å². The minimum absolute atomic E-state index is 0.125. The minimum atomic E-state index is -0.230. The quantitative estimate of drug-likeness (QED) is 0.854. The van der Waals surface area contributed by atoms with Gasteiger partial charge in [0.25, 0.3) is 0 Å². The molecule has 3 nitrogen and oxygen atoms in total. The van der Waals surface area contributed by atoms with Crippen molar-refractivity contribution in [3.8, 4) is 0 Å². The summed E-state index contributed by atoms with van der Waals surface area (Å²) in [5.41, 5.74) is 7.56. The van der Waals surface area contributed by atoms with Crippen LogP contribution < -0.4 is 5.73 Å². The number of carbonyl (C=O) groups excluding carboxylic acids is 1. The molecule has 1 atom stereocenters. The Hall–Kier alpha value is -1.87. The third kappa shape index (κ3) is 2.82.